The Kier molecular flexibility index (Phi) is 8.77. The number of rotatable bonds is 12. The van der Waals surface area contributed by atoms with Crippen molar-refractivity contribution >= 4 is 21.5 Å². The average Bonchev–Trinajstić information content (AvgIpc) is 2.78. The van der Waals surface area contributed by atoms with Gasteiger partial charge in [0.25, 0.3) is 0 Å². The van der Waals surface area contributed by atoms with Crippen LogP contribution in [-0.4, -0.2) is 35.6 Å². The predicted octanol–water partition coefficient (Wildman–Crippen LogP) is 6.47. The van der Waals surface area contributed by atoms with Crippen molar-refractivity contribution in [3.8, 4) is 11.5 Å². The Morgan fingerprint density at radius 2 is 1.06 bits per heavy atom. The van der Waals surface area contributed by atoms with Gasteiger partial charge in [0, 0.05) is 21.5 Å². The second kappa shape index (κ2) is 11.5. The van der Waals surface area contributed by atoms with Crippen LogP contribution in [-0.2, 0) is 0 Å². The standard InChI is InChI=1S/C28H38O4/c1-5-7-9-21(29)17-31-27-23-13-11-20(4)16-26(23)28(32-18-22(30)10-8-6-2)24-14-12-19(3)15-25(24)27/h11-16,21-22,29-30H,5-10,17-18H2,1-4H3. The molecule has 0 amide bonds. The Bertz CT molecular complexity index is 944. The molecule has 0 spiro atoms. The molecule has 3 aromatic rings. The fourth-order valence-electron chi connectivity index (χ4n) is 4.09. The van der Waals surface area contributed by atoms with Gasteiger partial charge in [0.05, 0.1) is 12.2 Å². The van der Waals surface area contributed by atoms with Crippen LogP contribution in [0.3, 0.4) is 0 Å². The van der Waals surface area contributed by atoms with Crippen LogP contribution in [0.1, 0.15) is 63.5 Å². The molecule has 0 aliphatic rings. The number of aryl methyl sites for hydroxylation is 2. The van der Waals surface area contributed by atoms with E-state index < -0.39 is 12.2 Å². The molecule has 0 saturated carbocycles. The van der Waals surface area contributed by atoms with E-state index in [1.807, 2.05) is 0 Å². The molecule has 3 aromatic carbocycles. The summed E-state index contributed by atoms with van der Waals surface area (Å²) in [6, 6.07) is 12.5. The molecule has 4 heteroatoms. The zero-order valence-electron chi connectivity index (χ0n) is 20.0. The summed E-state index contributed by atoms with van der Waals surface area (Å²) in [4.78, 5) is 0. The first-order valence-electron chi connectivity index (χ1n) is 12.0. The summed E-state index contributed by atoms with van der Waals surface area (Å²) in [7, 11) is 0. The molecule has 0 heterocycles. The molecule has 2 unspecified atom stereocenters. The van der Waals surface area contributed by atoms with Gasteiger partial charge in [-0.1, -0.05) is 74.9 Å². The number of hydrogen-bond donors (Lipinski definition) is 2. The van der Waals surface area contributed by atoms with E-state index in [2.05, 4.69) is 64.1 Å². The molecule has 0 aromatic heterocycles. The fraction of sp³-hybridized carbons (Fsp3) is 0.500. The summed E-state index contributed by atoms with van der Waals surface area (Å²) in [5.74, 6) is 1.57. The molecule has 0 bridgehead atoms. The molecule has 0 aliphatic heterocycles. The van der Waals surface area contributed by atoms with Gasteiger partial charge in [-0.15, -0.1) is 0 Å². The summed E-state index contributed by atoms with van der Waals surface area (Å²) in [5, 5.41) is 24.6. The Morgan fingerprint density at radius 3 is 1.44 bits per heavy atom. The lowest BCUT2D eigenvalue weighted by molar-refractivity contribution is 0.0983. The van der Waals surface area contributed by atoms with Crippen LogP contribution >= 0.6 is 0 Å². The number of unbranched alkanes of at least 4 members (excludes halogenated alkanes) is 2. The van der Waals surface area contributed by atoms with Crippen LogP contribution in [0.25, 0.3) is 21.5 Å². The van der Waals surface area contributed by atoms with Crippen molar-refractivity contribution in [2.24, 2.45) is 0 Å². The first kappa shape index (κ1) is 24.3. The van der Waals surface area contributed by atoms with Crippen molar-refractivity contribution in [3.63, 3.8) is 0 Å². The van der Waals surface area contributed by atoms with Crippen LogP contribution in [0.5, 0.6) is 11.5 Å². The van der Waals surface area contributed by atoms with Gasteiger partial charge in [-0.2, -0.15) is 0 Å². The van der Waals surface area contributed by atoms with Gasteiger partial charge in [0.2, 0.25) is 0 Å². The van der Waals surface area contributed by atoms with E-state index >= 15 is 0 Å². The Morgan fingerprint density at radius 1 is 0.656 bits per heavy atom. The monoisotopic (exact) mass is 438 g/mol. The van der Waals surface area contributed by atoms with E-state index in [0.717, 1.165) is 82.7 Å². The molecule has 32 heavy (non-hydrogen) atoms. The minimum atomic E-state index is -0.486. The van der Waals surface area contributed by atoms with Crippen LogP contribution in [0.2, 0.25) is 0 Å². The average molecular weight is 439 g/mol. The molecule has 0 fully saturated rings. The number of aliphatic hydroxyl groups is 2. The summed E-state index contributed by atoms with van der Waals surface area (Å²) in [6.07, 6.45) is 4.58. The van der Waals surface area contributed by atoms with Gasteiger partial charge in [0.1, 0.15) is 24.7 Å². The topological polar surface area (TPSA) is 58.9 Å². The van der Waals surface area contributed by atoms with Gasteiger partial charge in [-0.05, 0) is 38.8 Å². The van der Waals surface area contributed by atoms with Crippen molar-refractivity contribution in [3.05, 3.63) is 47.5 Å². The molecule has 2 N–H and O–H groups in total. The summed E-state index contributed by atoms with van der Waals surface area (Å²) < 4.78 is 12.5. The number of ether oxygens (including phenoxy) is 2. The highest BCUT2D eigenvalue weighted by atomic mass is 16.5. The highest BCUT2D eigenvalue weighted by Gasteiger charge is 2.19. The molecule has 2 atom stereocenters. The SMILES string of the molecule is CCCCC(O)COc1c2ccc(C)cc2c(OCC(O)CCCC)c2ccc(C)cc12. The molecule has 0 radical (unpaired) electrons. The largest absolute Gasteiger partial charge is 0.490 e. The van der Waals surface area contributed by atoms with Crippen LogP contribution in [0.4, 0.5) is 0 Å². The molecule has 0 saturated heterocycles. The summed E-state index contributed by atoms with van der Waals surface area (Å²) in [6.45, 7) is 8.90. The van der Waals surface area contributed by atoms with E-state index in [1.165, 1.54) is 0 Å². The van der Waals surface area contributed by atoms with E-state index in [0.29, 0.717) is 0 Å². The van der Waals surface area contributed by atoms with Crippen LogP contribution in [0.15, 0.2) is 36.4 Å². The minimum absolute atomic E-state index is 0.266. The second-order valence-corrected chi connectivity index (χ2v) is 8.97. The first-order chi connectivity index (χ1) is 15.4. The van der Waals surface area contributed by atoms with E-state index in [4.69, 9.17) is 9.47 Å². The maximum atomic E-state index is 10.4. The van der Waals surface area contributed by atoms with E-state index in [1.54, 1.807) is 0 Å². The van der Waals surface area contributed by atoms with Gasteiger partial charge in [-0.3, -0.25) is 0 Å². The third kappa shape index (κ3) is 5.93. The molecular formula is C28H38O4. The number of hydrogen-bond acceptors (Lipinski definition) is 4. The smallest absolute Gasteiger partial charge is 0.135 e. The number of fused-ring (bicyclic) bond motifs is 2. The zero-order chi connectivity index (χ0) is 23.1. The maximum absolute atomic E-state index is 10.4. The van der Waals surface area contributed by atoms with Crippen molar-refractivity contribution in [1.82, 2.24) is 0 Å². The normalized spacial score (nSPS) is 13.4. The third-order valence-electron chi connectivity index (χ3n) is 5.95. The molecule has 3 rings (SSSR count). The summed E-state index contributed by atoms with van der Waals surface area (Å²) in [5.41, 5.74) is 2.27. The lowest BCUT2D eigenvalue weighted by atomic mass is 9.97. The van der Waals surface area contributed by atoms with Crippen LogP contribution in [0, 0.1) is 13.8 Å². The van der Waals surface area contributed by atoms with Gasteiger partial charge in [0.15, 0.2) is 0 Å². The Hall–Kier alpha value is -2.30. The molecule has 174 valence electrons. The van der Waals surface area contributed by atoms with Gasteiger partial charge < -0.3 is 19.7 Å². The van der Waals surface area contributed by atoms with Gasteiger partial charge in [-0.25, -0.2) is 0 Å². The quantitative estimate of drug-likeness (QED) is 0.318. The molecular weight excluding hydrogens is 400 g/mol. The summed E-state index contributed by atoms with van der Waals surface area (Å²) >= 11 is 0. The zero-order valence-corrected chi connectivity index (χ0v) is 20.0. The maximum Gasteiger partial charge on any atom is 0.135 e. The predicted molar refractivity (Wildman–Crippen MR) is 133 cm³/mol. The molecule has 4 nitrogen and oxygen atoms in total. The third-order valence-corrected chi connectivity index (χ3v) is 5.95. The second-order valence-electron chi connectivity index (χ2n) is 8.97. The van der Waals surface area contributed by atoms with E-state index in [9.17, 15) is 10.2 Å². The van der Waals surface area contributed by atoms with E-state index in [-0.39, 0.29) is 13.2 Å². The Balaban J connectivity index is 2.05. The fourth-order valence-corrected chi connectivity index (χ4v) is 4.09. The van der Waals surface area contributed by atoms with Crippen molar-refractivity contribution in [2.75, 3.05) is 13.2 Å². The lowest BCUT2D eigenvalue weighted by Gasteiger charge is -2.21. The van der Waals surface area contributed by atoms with Crippen LogP contribution < -0.4 is 9.47 Å². The highest BCUT2D eigenvalue weighted by molar-refractivity contribution is 6.11. The number of benzene rings is 3. The minimum Gasteiger partial charge on any atom is -0.490 e. The Labute approximate surface area is 192 Å². The van der Waals surface area contributed by atoms with Crippen molar-refractivity contribution in [1.29, 1.82) is 0 Å². The first-order valence-corrected chi connectivity index (χ1v) is 12.0. The number of aliphatic hydroxyl groups excluding tert-OH is 2. The van der Waals surface area contributed by atoms with Crippen molar-refractivity contribution in [2.45, 2.75) is 78.4 Å². The van der Waals surface area contributed by atoms with Gasteiger partial charge >= 0.3 is 0 Å². The molecule has 0 aliphatic carbocycles. The van der Waals surface area contributed by atoms with Crippen molar-refractivity contribution < 1.29 is 19.7 Å². The lowest BCUT2D eigenvalue weighted by Crippen LogP contribution is -2.18. The highest BCUT2D eigenvalue weighted by Crippen LogP contribution is 2.43.